The van der Waals surface area contributed by atoms with E-state index in [0.717, 1.165) is 49.0 Å². The minimum absolute atomic E-state index is 0.759. The first kappa shape index (κ1) is 13.5. The van der Waals surface area contributed by atoms with E-state index in [-0.39, 0.29) is 0 Å². The lowest BCUT2D eigenvalue weighted by Gasteiger charge is -2.10. The predicted molar refractivity (Wildman–Crippen MR) is 79.3 cm³/mol. The number of nitrogens with one attached hydrogen (secondary N) is 1. The molecule has 0 spiro atoms. The summed E-state index contributed by atoms with van der Waals surface area (Å²) >= 11 is 6.14. The van der Waals surface area contributed by atoms with Gasteiger partial charge in [0.05, 0.1) is 19.3 Å². The SMILES string of the molecule is Cc1cnn(CCNCc2cc(Cl)cc3c2OCC3)c1. The normalized spacial score (nSPS) is 13.3. The van der Waals surface area contributed by atoms with Crippen LogP contribution < -0.4 is 10.1 Å². The lowest BCUT2D eigenvalue weighted by Crippen LogP contribution is -2.20. The van der Waals surface area contributed by atoms with Gasteiger partial charge in [-0.1, -0.05) is 11.6 Å². The van der Waals surface area contributed by atoms with Crippen molar-refractivity contribution in [2.45, 2.75) is 26.4 Å². The average molecular weight is 292 g/mol. The van der Waals surface area contributed by atoms with Crippen LogP contribution in [-0.2, 0) is 19.5 Å². The van der Waals surface area contributed by atoms with Gasteiger partial charge in [-0.25, -0.2) is 0 Å². The molecule has 5 heteroatoms. The highest BCUT2D eigenvalue weighted by Gasteiger charge is 2.17. The molecule has 0 saturated heterocycles. The topological polar surface area (TPSA) is 39.1 Å². The Morgan fingerprint density at radius 1 is 1.45 bits per heavy atom. The maximum atomic E-state index is 6.14. The van der Waals surface area contributed by atoms with E-state index in [1.807, 2.05) is 36.1 Å². The highest BCUT2D eigenvalue weighted by atomic mass is 35.5. The molecular weight excluding hydrogens is 274 g/mol. The Bertz CT molecular complexity index is 609. The van der Waals surface area contributed by atoms with Crippen LogP contribution in [0.15, 0.2) is 24.5 Å². The fourth-order valence-electron chi connectivity index (χ4n) is 2.48. The van der Waals surface area contributed by atoms with E-state index in [4.69, 9.17) is 16.3 Å². The first-order valence-electron chi connectivity index (χ1n) is 6.86. The van der Waals surface area contributed by atoms with Gasteiger partial charge in [-0.15, -0.1) is 0 Å². The fourth-order valence-corrected chi connectivity index (χ4v) is 2.75. The van der Waals surface area contributed by atoms with Gasteiger partial charge in [-0.2, -0.15) is 5.10 Å². The highest BCUT2D eigenvalue weighted by Crippen LogP contribution is 2.32. The zero-order valence-corrected chi connectivity index (χ0v) is 12.3. The molecule has 1 aromatic heterocycles. The molecule has 20 heavy (non-hydrogen) atoms. The molecule has 0 radical (unpaired) electrons. The molecule has 1 aliphatic heterocycles. The standard InChI is InChI=1S/C15H18ClN3O/c1-11-8-18-19(10-11)4-3-17-9-13-7-14(16)6-12-2-5-20-15(12)13/h6-8,10,17H,2-5,9H2,1H3. The summed E-state index contributed by atoms with van der Waals surface area (Å²) in [4.78, 5) is 0. The Hall–Kier alpha value is -1.52. The monoisotopic (exact) mass is 291 g/mol. The summed E-state index contributed by atoms with van der Waals surface area (Å²) in [6, 6.07) is 3.98. The zero-order valence-electron chi connectivity index (χ0n) is 11.5. The van der Waals surface area contributed by atoms with Crippen molar-refractivity contribution < 1.29 is 4.74 Å². The Balaban J connectivity index is 1.56. The van der Waals surface area contributed by atoms with Crippen LogP contribution in [0.5, 0.6) is 5.75 Å². The third-order valence-electron chi connectivity index (χ3n) is 3.42. The van der Waals surface area contributed by atoms with Gasteiger partial charge in [-0.3, -0.25) is 4.68 Å². The first-order valence-corrected chi connectivity index (χ1v) is 7.24. The number of fused-ring (bicyclic) bond motifs is 1. The van der Waals surface area contributed by atoms with Crippen molar-refractivity contribution in [3.63, 3.8) is 0 Å². The molecule has 0 bridgehead atoms. The summed E-state index contributed by atoms with van der Waals surface area (Å²) in [5.41, 5.74) is 3.55. The highest BCUT2D eigenvalue weighted by molar-refractivity contribution is 6.30. The predicted octanol–water partition coefficient (Wildman–Crippen LogP) is 2.57. The second-order valence-electron chi connectivity index (χ2n) is 5.11. The van der Waals surface area contributed by atoms with E-state index in [0.29, 0.717) is 0 Å². The van der Waals surface area contributed by atoms with Crippen molar-refractivity contribution >= 4 is 11.6 Å². The second kappa shape index (κ2) is 5.85. The Morgan fingerprint density at radius 3 is 3.15 bits per heavy atom. The number of hydrogen-bond donors (Lipinski definition) is 1. The number of aromatic nitrogens is 2. The summed E-state index contributed by atoms with van der Waals surface area (Å²) in [5, 5.41) is 8.47. The van der Waals surface area contributed by atoms with E-state index in [1.165, 1.54) is 11.1 Å². The van der Waals surface area contributed by atoms with Crippen LogP contribution >= 0.6 is 11.6 Å². The summed E-state index contributed by atoms with van der Waals surface area (Å²) < 4.78 is 7.63. The molecule has 0 aliphatic carbocycles. The van der Waals surface area contributed by atoms with Gasteiger partial charge in [-0.05, 0) is 30.2 Å². The van der Waals surface area contributed by atoms with Crippen LogP contribution in [0, 0.1) is 6.92 Å². The molecule has 1 N–H and O–H groups in total. The molecule has 4 nitrogen and oxygen atoms in total. The largest absolute Gasteiger partial charge is 0.493 e. The van der Waals surface area contributed by atoms with Crippen molar-refractivity contribution in [1.29, 1.82) is 0 Å². The lowest BCUT2D eigenvalue weighted by molar-refractivity contribution is 0.352. The Morgan fingerprint density at radius 2 is 2.35 bits per heavy atom. The zero-order chi connectivity index (χ0) is 13.9. The van der Waals surface area contributed by atoms with E-state index in [2.05, 4.69) is 10.4 Å². The molecule has 0 saturated carbocycles. The molecule has 3 rings (SSSR count). The van der Waals surface area contributed by atoms with Crippen molar-refractivity contribution in [2.75, 3.05) is 13.2 Å². The van der Waals surface area contributed by atoms with E-state index in [9.17, 15) is 0 Å². The van der Waals surface area contributed by atoms with Gasteiger partial charge in [0.25, 0.3) is 0 Å². The van der Waals surface area contributed by atoms with Crippen molar-refractivity contribution in [3.8, 4) is 5.75 Å². The molecular formula is C15H18ClN3O. The summed E-state index contributed by atoms with van der Waals surface area (Å²) in [7, 11) is 0. The van der Waals surface area contributed by atoms with Crippen molar-refractivity contribution in [1.82, 2.24) is 15.1 Å². The maximum Gasteiger partial charge on any atom is 0.127 e. The van der Waals surface area contributed by atoms with Gasteiger partial charge in [0.2, 0.25) is 0 Å². The van der Waals surface area contributed by atoms with Crippen LogP contribution in [0.4, 0.5) is 0 Å². The van der Waals surface area contributed by atoms with Crippen LogP contribution in [0.25, 0.3) is 0 Å². The van der Waals surface area contributed by atoms with E-state index in [1.54, 1.807) is 0 Å². The molecule has 0 fully saturated rings. The molecule has 1 aliphatic rings. The smallest absolute Gasteiger partial charge is 0.127 e. The number of aryl methyl sites for hydroxylation is 1. The van der Waals surface area contributed by atoms with Crippen molar-refractivity contribution in [3.05, 3.63) is 46.2 Å². The molecule has 0 unspecified atom stereocenters. The number of nitrogens with zero attached hydrogens (tertiary/aromatic N) is 2. The minimum atomic E-state index is 0.759. The third-order valence-corrected chi connectivity index (χ3v) is 3.64. The van der Waals surface area contributed by atoms with Gasteiger partial charge in [0, 0.05) is 36.3 Å². The Kier molecular flexibility index (Phi) is 3.94. The summed E-state index contributed by atoms with van der Waals surface area (Å²) in [6.45, 7) is 5.29. The molecule has 0 atom stereocenters. The molecule has 1 aromatic carbocycles. The molecule has 2 aromatic rings. The molecule has 2 heterocycles. The summed E-state index contributed by atoms with van der Waals surface area (Å²) in [5.74, 6) is 1.01. The second-order valence-corrected chi connectivity index (χ2v) is 5.55. The van der Waals surface area contributed by atoms with Gasteiger partial charge >= 0.3 is 0 Å². The summed E-state index contributed by atoms with van der Waals surface area (Å²) in [6.07, 6.45) is 4.87. The van der Waals surface area contributed by atoms with Gasteiger partial charge < -0.3 is 10.1 Å². The van der Waals surface area contributed by atoms with Gasteiger partial charge in [0.15, 0.2) is 0 Å². The number of hydrogen-bond acceptors (Lipinski definition) is 3. The average Bonchev–Trinajstić information content (AvgIpc) is 3.03. The quantitative estimate of drug-likeness (QED) is 0.861. The Labute approximate surface area is 123 Å². The third kappa shape index (κ3) is 2.97. The fraction of sp³-hybridized carbons (Fsp3) is 0.400. The van der Waals surface area contributed by atoms with Crippen LogP contribution in [0.2, 0.25) is 5.02 Å². The lowest BCUT2D eigenvalue weighted by atomic mass is 10.1. The number of halogens is 1. The van der Waals surface area contributed by atoms with Crippen molar-refractivity contribution in [2.24, 2.45) is 0 Å². The number of benzene rings is 1. The molecule has 106 valence electrons. The first-order chi connectivity index (χ1) is 9.72. The molecule has 0 amide bonds. The maximum absolute atomic E-state index is 6.14. The van der Waals surface area contributed by atoms with Crippen LogP contribution in [0.1, 0.15) is 16.7 Å². The van der Waals surface area contributed by atoms with E-state index < -0.39 is 0 Å². The number of rotatable bonds is 5. The minimum Gasteiger partial charge on any atom is -0.493 e. The van der Waals surface area contributed by atoms with Gasteiger partial charge in [0.1, 0.15) is 5.75 Å². The van der Waals surface area contributed by atoms with Crippen LogP contribution in [-0.4, -0.2) is 22.9 Å². The van der Waals surface area contributed by atoms with E-state index >= 15 is 0 Å². The van der Waals surface area contributed by atoms with Crippen LogP contribution in [0.3, 0.4) is 0 Å². The number of ether oxygens (including phenoxy) is 1.